The topological polar surface area (TPSA) is 44.8 Å². The van der Waals surface area contributed by atoms with Crippen molar-refractivity contribution < 1.29 is 23.4 Å². The first-order valence-electron chi connectivity index (χ1n) is 4.17. The molecule has 14 heavy (non-hydrogen) atoms. The van der Waals surface area contributed by atoms with E-state index in [0.717, 1.165) is 0 Å². The van der Waals surface area contributed by atoms with Crippen molar-refractivity contribution in [3.63, 3.8) is 0 Å². The Labute approximate surface area is 82.6 Å². The minimum atomic E-state index is -0.996. The summed E-state index contributed by atoms with van der Waals surface area (Å²) in [6.07, 6.45) is -0.862. The third-order valence-electron chi connectivity index (χ3n) is 1.58. The lowest BCUT2D eigenvalue weighted by atomic mass is 10.2. The van der Waals surface area contributed by atoms with E-state index >= 15 is 0 Å². The number of methoxy groups -OCH3 is 2. The Morgan fingerprint density at radius 3 is 2.21 bits per heavy atom. The number of halogens is 1. The second-order valence-electron chi connectivity index (χ2n) is 2.52. The summed E-state index contributed by atoms with van der Waals surface area (Å²) in [5.41, 5.74) is 0.0634. The van der Waals surface area contributed by atoms with Gasteiger partial charge in [0.15, 0.2) is 6.29 Å². The molecule has 0 radical (unpaired) electrons. The predicted octanol–water partition coefficient (Wildman–Crippen LogP) is 1.41. The molecule has 0 saturated heterocycles. The average Bonchev–Trinajstić information content (AvgIpc) is 2.18. The smallest absolute Gasteiger partial charge is 0.367 e. The maximum Gasteiger partial charge on any atom is 0.367 e. The van der Waals surface area contributed by atoms with Crippen molar-refractivity contribution in [2.75, 3.05) is 20.8 Å². The summed E-state index contributed by atoms with van der Waals surface area (Å²) in [7, 11) is 2.71. The van der Waals surface area contributed by atoms with Gasteiger partial charge in [-0.15, -0.1) is 0 Å². The Morgan fingerprint density at radius 2 is 1.86 bits per heavy atom. The second-order valence-corrected chi connectivity index (χ2v) is 2.52. The summed E-state index contributed by atoms with van der Waals surface area (Å²) in [5, 5.41) is 0. The van der Waals surface area contributed by atoms with E-state index < -0.39 is 18.1 Å². The van der Waals surface area contributed by atoms with Crippen molar-refractivity contribution in [3.8, 4) is 0 Å². The molecule has 0 N–H and O–H groups in total. The molecule has 0 rings (SSSR count). The Kier molecular flexibility index (Phi) is 6.07. The van der Waals surface area contributed by atoms with E-state index in [0.29, 0.717) is 0 Å². The molecular formula is C9H15FO4. The van der Waals surface area contributed by atoms with Crippen LogP contribution in [-0.2, 0) is 19.0 Å². The number of esters is 1. The van der Waals surface area contributed by atoms with Gasteiger partial charge in [-0.05, 0) is 13.8 Å². The van der Waals surface area contributed by atoms with Crippen LogP contribution in [0.15, 0.2) is 11.4 Å². The predicted molar refractivity (Wildman–Crippen MR) is 48.2 cm³/mol. The molecule has 0 aromatic rings. The summed E-state index contributed by atoms with van der Waals surface area (Å²) in [6, 6.07) is 0. The standard InChI is InChI=1S/C9H15FO4/c1-5-14-8(11)7(10)6(2)9(12-3)13-4/h9H,5H2,1-4H3/b7-6+. The fraction of sp³-hybridized carbons (Fsp3) is 0.667. The quantitative estimate of drug-likeness (QED) is 0.387. The molecule has 0 atom stereocenters. The molecule has 0 aliphatic carbocycles. The summed E-state index contributed by atoms with van der Waals surface area (Å²) >= 11 is 0. The van der Waals surface area contributed by atoms with Crippen molar-refractivity contribution in [2.24, 2.45) is 0 Å². The number of hydrogen-bond acceptors (Lipinski definition) is 4. The highest BCUT2D eigenvalue weighted by atomic mass is 19.1. The van der Waals surface area contributed by atoms with Crippen LogP contribution in [-0.4, -0.2) is 33.1 Å². The summed E-state index contributed by atoms with van der Waals surface area (Å²) in [4.78, 5) is 11.0. The zero-order valence-corrected chi connectivity index (χ0v) is 8.80. The van der Waals surface area contributed by atoms with Gasteiger partial charge in [-0.1, -0.05) is 0 Å². The highest BCUT2D eigenvalue weighted by molar-refractivity contribution is 5.86. The number of hydrogen-bond donors (Lipinski definition) is 0. The molecule has 0 bridgehead atoms. The number of carbonyl (C=O) groups excluding carboxylic acids is 1. The largest absolute Gasteiger partial charge is 0.461 e. The molecular weight excluding hydrogens is 191 g/mol. The Balaban J connectivity index is 4.63. The fourth-order valence-corrected chi connectivity index (χ4v) is 0.909. The monoisotopic (exact) mass is 206 g/mol. The SMILES string of the molecule is CCOC(=O)/C(F)=C(/C)C(OC)OC. The van der Waals surface area contributed by atoms with E-state index in [4.69, 9.17) is 9.47 Å². The molecule has 0 aliphatic rings. The van der Waals surface area contributed by atoms with E-state index in [2.05, 4.69) is 4.74 Å². The molecule has 82 valence electrons. The molecule has 5 heteroatoms. The first-order chi connectivity index (χ1) is 6.58. The zero-order chi connectivity index (χ0) is 11.1. The van der Waals surface area contributed by atoms with Crippen molar-refractivity contribution >= 4 is 5.97 Å². The van der Waals surface area contributed by atoms with Crippen LogP contribution >= 0.6 is 0 Å². The van der Waals surface area contributed by atoms with Crippen LogP contribution in [0.1, 0.15) is 13.8 Å². The third kappa shape index (κ3) is 3.43. The third-order valence-corrected chi connectivity index (χ3v) is 1.58. The summed E-state index contributed by atoms with van der Waals surface area (Å²) < 4.78 is 27.3. The Morgan fingerprint density at radius 1 is 1.36 bits per heavy atom. The first-order valence-corrected chi connectivity index (χ1v) is 4.17. The van der Waals surface area contributed by atoms with Crippen molar-refractivity contribution in [3.05, 3.63) is 11.4 Å². The maximum absolute atomic E-state index is 13.2. The van der Waals surface area contributed by atoms with E-state index in [1.54, 1.807) is 6.92 Å². The van der Waals surface area contributed by atoms with Gasteiger partial charge in [0.25, 0.3) is 0 Å². The van der Waals surface area contributed by atoms with Gasteiger partial charge in [-0.3, -0.25) is 0 Å². The van der Waals surface area contributed by atoms with Gasteiger partial charge < -0.3 is 14.2 Å². The minimum absolute atomic E-state index is 0.0634. The molecule has 4 nitrogen and oxygen atoms in total. The van der Waals surface area contributed by atoms with Gasteiger partial charge in [0.2, 0.25) is 5.83 Å². The minimum Gasteiger partial charge on any atom is -0.461 e. The number of carbonyl (C=O) groups is 1. The van der Waals surface area contributed by atoms with Crippen LogP contribution in [0.2, 0.25) is 0 Å². The van der Waals surface area contributed by atoms with Crippen LogP contribution in [0.5, 0.6) is 0 Å². The van der Waals surface area contributed by atoms with Crippen molar-refractivity contribution in [1.29, 1.82) is 0 Å². The van der Waals surface area contributed by atoms with Gasteiger partial charge in [-0.25, -0.2) is 4.79 Å². The molecule has 0 aromatic heterocycles. The van der Waals surface area contributed by atoms with Crippen molar-refractivity contribution in [2.45, 2.75) is 20.1 Å². The van der Waals surface area contributed by atoms with Crippen molar-refractivity contribution in [1.82, 2.24) is 0 Å². The Hall–Kier alpha value is -0.940. The normalized spacial score (nSPS) is 12.7. The lowest BCUT2D eigenvalue weighted by Crippen LogP contribution is -2.18. The number of ether oxygens (including phenoxy) is 3. The molecule has 0 unspecified atom stereocenters. The fourth-order valence-electron chi connectivity index (χ4n) is 0.909. The highest BCUT2D eigenvalue weighted by Gasteiger charge is 2.19. The van der Waals surface area contributed by atoms with Crippen LogP contribution in [0.25, 0.3) is 0 Å². The molecule has 0 aliphatic heterocycles. The average molecular weight is 206 g/mol. The summed E-state index contributed by atoms with van der Waals surface area (Å²) in [5.74, 6) is -1.97. The molecule has 0 heterocycles. The molecule has 0 spiro atoms. The Bertz CT molecular complexity index is 221. The molecule has 0 fully saturated rings. The summed E-state index contributed by atoms with van der Waals surface area (Å²) in [6.45, 7) is 3.14. The lowest BCUT2D eigenvalue weighted by Gasteiger charge is -2.14. The van der Waals surface area contributed by atoms with Gasteiger partial charge in [-0.2, -0.15) is 4.39 Å². The highest BCUT2D eigenvalue weighted by Crippen LogP contribution is 2.14. The van der Waals surface area contributed by atoms with E-state index in [9.17, 15) is 9.18 Å². The zero-order valence-electron chi connectivity index (χ0n) is 8.80. The van der Waals surface area contributed by atoms with Gasteiger partial charge in [0.05, 0.1) is 6.61 Å². The van der Waals surface area contributed by atoms with Crippen LogP contribution in [0.4, 0.5) is 4.39 Å². The van der Waals surface area contributed by atoms with E-state index in [-0.39, 0.29) is 12.2 Å². The van der Waals surface area contributed by atoms with Crippen LogP contribution in [0, 0.1) is 0 Å². The molecule has 0 amide bonds. The van der Waals surface area contributed by atoms with E-state index in [1.165, 1.54) is 21.1 Å². The second kappa shape index (κ2) is 6.50. The van der Waals surface area contributed by atoms with Crippen LogP contribution < -0.4 is 0 Å². The van der Waals surface area contributed by atoms with Crippen LogP contribution in [0.3, 0.4) is 0 Å². The lowest BCUT2D eigenvalue weighted by molar-refractivity contribution is -0.141. The van der Waals surface area contributed by atoms with Gasteiger partial charge >= 0.3 is 5.97 Å². The first kappa shape index (κ1) is 13.1. The van der Waals surface area contributed by atoms with Gasteiger partial charge in [0, 0.05) is 19.8 Å². The van der Waals surface area contributed by atoms with E-state index in [1.807, 2.05) is 0 Å². The maximum atomic E-state index is 13.2. The molecule has 0 saturated carbocycles. The number of rotatable bonds is 5. The molecule has 0 aromatic carbocycles. The van der Waals surface area contributed by atoms with Gasteiger partial charge in [0.1, 0.15) is 0 Å².